The number of nitrogens with zero attached hydrogens (tertiary/aromatic N) is 4. The van der Waals surface area contributed by atoms with Crippen molar-refractivity contribution < 1.29 is 9.84 Å². The lowest BCUT2D eigenvalue weighted by Gasteiger charge is -2.23. The summed E-state index contributed by atoms with van der Waals surface area (Å²) >= 11 is 6.10. The average Bonchev–Trinajstić information content (AvgIpc) is 3.01. The summed E-state index contributed by atoms with van der Waals surface area (Å²) in [5.74, 6) is 0.718. The largest absolute Gasteiger partial charge is 0.508 e. The Morgan fingerprint density at radius 2 is 2.04 bits per heavy atom. The van der Waals surface area contributed by atoms with Crippen molar-refractivity contribution in [2.75, 3.05) is 11.9 Å². The molecule has 1 atom stereocenters. The Bertz CT molecular complexity index is 859. The van der Waals surface area contributed by atoms with Gasteiger partial charge in [-0.3, -0.25) is 4.57 Å². The van der Waals surface area contributed by atoms with Gasteiger partial charge in [0.2, 0.25) is 5.28 Å². The van der Waals surface area contributed by atoms with E-state index in [-0.39, 0.29) is 17.3 Å². The molecule has 1 aliphatic rings. The van der Waals surface area contributed by atoms with E-state index >= 15 is 0 Å². The number of aromatic nitrogens is 4. The second-order valence-corrected chi connectivity index (χ2v) is 6.00. The third-order valence-electron chi connectivity index (χ3n) is 3.99. The first-order valence-corrected chi connectivity index (χ1v) is 8.16. The molecule has 0 amide bonds. The van der Waals surface area contributed by atoms with Crippen molar-refractivity contribution in [2.24, 2.45) is 0 Å². The molecule has 1 aliphatic heterocycles. The Kier molecular flexibility index (Phi) is 3.95. The molecule has 0 radical (unpaired) electrons. The molecule has 0 spiro atoms. The van der Waals surface area contributed by atoms with E-state index < -0.39 is 0 Å². The summed E-state index contributed by atoms with van der Waals surface area (Å²) in [5.41, 5.74) is 2.04. The van der Waals surface area contributed by atoms with Crippen LogP contribution in [0.15, 0.2) is 30.6 Å². The Balaban J connectivity index is 1.73. The molecule has 7 nitrogen and oxygen atoms in total. The van der Waals surface area contributed by atoms with Crippen molar-refractivity contribution in [1.82, 2.24) is 19.5 Å². The highest BCUT2D eigenvalue weighted by Gasteiger charge is 2.21. The van der Waals surface area contributed by atoms with Crippen LogP contribution in [0.1, 0.15) is 25.5 Å². The van der Waals surface area contributed by atoms with Gasteiger partial charge in [0.15, 0.2) is 17.0 Å². The van der Waals surface area contributed by atoms with Crippen molar-refractivity contribution in [3.8, 4) is 5.75 Å². The van der Waals surface area contributed by atoms with Crippen LogP contribution in [0.25, 0.3) is 11.2 Å². The SMILES string of the molecule is Oc1ccc(Nc2nc(Cl)nc3c2ncn3C2CCCCO2)cc1. The second-order valence-electron chi connectivity index (χ2n) is 5.66. The van der Waals surface area contributed by atoms with Crippen LogP contribution < -0.4 is 5.32 Å². The molecule has 0 bridgehead atoms. The standard InChI is InChI=1S/C16H16ClN5O2/c17-16-20-14(19-10-4-6-11(23)7-5-10)13-15(21-16)22(9-18-13)12-3-1-2-8-24-12/h4-7,9,12,23H,1-3,8H2,(H,19,20,21). The number of halogens is 1. The van der Waals surface area contributed by atoms with Crippen LogP contribution in [-0.2, 0) is 4.74 Å². The molecule has 4 rings (SSSR count). The highest BCUT2D eigenvalue weighted by Crippen LogP contribution is 2.30. The molecule has 2 aromatic heterocycles. The summed E-state index contributed by atoms with van der Waals surface area (Å²) < 4.78 is 7.72. The van der Waals surface area contributed by atoms with Gasteiger partial charge < -0.3 is 15.2 Å². The Morgan fingerprint density at radius 3 is 2.79 bits per heavy atom. The molecular formula is C16H16ClN5O2. The molecule has 8 heteroatoms. The van der Waals surface area contributed by atoms with Gasteiger partial charge in [0, 0.05) is 12.3 Å². The molecule has 1 saturated heterocycles. The van der Waals surface area contributed by atoms with E-state index in [1.807, 2.05) is 4.57 Å². The van der Waals surface area contributed by atoms with Gasteiger partial charge in [-0.2, -0.15) is 9.97 Å². The molecule has 1 unspecified atom stereocenters. The molecule has 3 heterocycles. The van der Waals surface area contributed by atoms with E-state index in [0.717, 1.165) is 31.6 Å². The van der Waals surface area contributed by atoms with Crippen LogP contribution in [0, 0.1) is 0 Å². The molecule has 0 aliphatic carbocycles. The first-order chi connectivity index (χ1) is 11.7. The zero-order valence-electron chi connectivity index (χ0n) is 12.8. The maximum atomic E-state index is 9.38. The van der Waals surface area contributed by atoms with Crippen LogP contribution in [0.3, 0.4) is 0 Å². The fourth-order valence-corrected chi connectivity index (χ4v) is 2.98. The van der Waals surface area contributed by atoms with E-state index in [1.165, 1.54) is 0 Å². The summed E-state index contributed by atoms with van der Waals surface area (Å²) in [6, 6.07) is 6.68. The van der Waals surface area contributed by atoms with Gasteiger partial charge in [-0.1, -0.05) is 0 Å². The third kappa shape index (κ3) is 2.88. The van der Waals surface area contributed by atoms with E-state index in [9.17, 15) is 5.11 Å². The molecule has 1 aromatic carbocycles. The molecule has 1 fully saturated rings. The maximum absolute atomic E-state index is 9.38. The molecule has 3 aromatic rings. The topological polar surface area (TPSA) is 85.1 Å². The minimum atomic E-state index is -0.0729. The lowest BCUT2D eigenvalue weighted by atomic mass is 10.2. The van der Waals surface area contributed by atoms with Crippen LogP contribution in [-0.4, -0.2) is 31.2 Å². The van der Waals surface area contributed by atoms with Gasteiger partial charge in [-0.05, 0) is 55.1 Å². The van der Waals surface area contributed by atoms with Crippen LogP contribution >= 0.6 is 11.6 Å². The predicted octanol–water partition coefficient (Wildman–Crippen LogP) is 3.63. The van der Waals surface area contributed by atoms with E-state index in [0.29, 0.717) is 17.0 Å². The minimum Gasteiger partial charge on any atom is -0.508 e. The number of imidazole rings is 1. The molecule has 0 saturated carbocycles. The number of nitrogens with one attached hydrogen (secondary N) is 1. The van der Waals surface area contributed by atoms with E-state index in [1.54, 1.807) is 30.6 Å². The van der Waals surface area contributed by atoms with Gasteiger partial charge in [0.1, 0.15) is 12.0 Å². The summed E-state index contributed by atoms with van der Waals surface area (Å²) in [5, 5.41) is 12.7. The van der Waals surface area contributed by atoms with Crippen LogP contribution in [0.4, 0.5) is 11.5 Å². The van der Waals surface area contributed by atoms with Crippen molar-refractivity contribution in [2.45, 2.75) is 25.5 Å². The van der Waals surface area contributed by atoms with Gasteiger partial charge in [0.05, 0.1) is 6.33 Å². The van der Waals surface area contributed by atoms with Crippen molar-refractivity contribution in [1.29, 1.82) is 0 Å². The third-order valence-corrected chi connectivity index (χ3v) is 4.16. The number of anilines is 2. The zero-order valence-corrected chi connectivity index (χ0v) is 13.6. The number of hydrogen-bond acceptors (Lipinski definition) is 6. The van der Waals surface area contributed by atoms with E-state index in [4.69, 9.17) is 16.3 Å². The fourth-order valence-electron chi connectivity index (χ4n) is 2.81. The highest BCUT2D eigenvalue weighted by atomic mass is 35.5. The first-order valence-electron chi connectivity index (χ1n) is 7.78. The Morgan fingerprint density at radius 1 is 1.21 bits per heavy atom. The fraction of sp³-hybridized carbons (Fsp3) is 0.312. The van der Waals surface area contributed by atoms with Gasteiger partial charge >= 0.3 is 0 Å². The molecular weight excluding hydrogens is 330 g/mol. The van der Waals surface area contributed by atoms with Gasteiger partial charge in [0.25, 0.3) is 0 Å². The summed E-state index contributed by atoms with van der Waals surface area (Å²) in [6.45, 7) is 0.738. The Labute approximate surface area is 143 Å². The summed E-state index contributed by atoms with van der Waals surface area (Å²) in [6.07, 6.45) is 4.76. The summed E-state index contributed by atoms with van der Waals surface area (Å²) in [4.78, 5) is 13.0. The van der Waals surface area contributed by atoms with Crippen LogP contribution in [0.2, 0.25) is 5.28 Å². The minimum absolute atomic E-state index is 0.0729. The van der Waals surface area contributed by atoms with Crippen molar-refractivity contribution in [3.63, 3.8) is 0 Å². The zero-order chi connectivity index (χ0) is 16.5. The van der Waals surface area contributed by atoms with Crippen LogP contribution in [0.5, 0.6) is 5.75 Å². The van der Waals surface area contributed by atoms with Crippen molar-refractivity contribution in [3.05, 3.63) is 35.9 Å². The first kappa shape index (κ1) is 15.2. The molecule has 2 N–H and O–H groups in total. The smallest absolute Gasteiger partial charge is 0.226 e. The monoisotopic (exact) mass is 345 g/mol. The van der Waals surface area contributed by atoms with E-state index in [2.05, 4.69) is 20.3 Å². The number of fused-ring (bicyclic) bond motifs is 1. The average molecular weight is 346 g/mol. The predicted molar refractivity (Wildman–Crippen MR) is 90.6 cm³/mol. The number of aromatic hydroxyl groups is 1. The van der Waals surface area contributed by atoms with Gasteiger partial charge in [-0.25, -0.2) is 4.98 Å². The number of phenols is 1. The second kappa shape index (κ2) is 6.26. The number of hydrogen-bond donors (Lipinski definition) is 2. The lowest BCUT2D eigenvalue weighted by Crippen LogP contribution is -2.17. The number of ether oxygens (including phenoxy) is 1. The quantitative estimate of drug-likeness (QED) is 0.557. The highest BCUT2D eigenvalue weighted by molar-refractivity contribution is 6.28. The summed E-state index contributed by atoms with van der Waals surface area (Å²) in [7, 11) is 0. The lowest BCUT2D eigenvalue weighted by molar-refractivity contribution is -0.0298. The number of benzene rings is 1. The normalized spacial score (nSPS) is 18.0. The number of phenolic OH excluding ortho intramolecular Hbond substituents is 1. The number of rotatable bonds is 3. The van der Waals surface area contributed by atoms with Crippen molar-refractivity contribution >= 4 is 34.3 Å². The Hall–Kier alpha value is -2.38. The maximum Gasteiger partial charge on any atom is 0.226 e. The van der Waals surface area contributed by atoms with Gasteiger partial charge in [-0.15, -0.1) is 0 Å². The molecule has 124 valence electrons. The molecule has 24 heavy (non-hydrogen) atoms.